The van der Waals surface area contributed by atoms with E-state index in [0.29, 0.717) is 16.3 Å². The summed E-state index contributed by atoms with van der Waals surface area (Å²) in [7, 11) is 1.52. The third-order valence-electron chi connectivity index (χ3n) is 2.59. The average molecular weight is 258 g/mol. The molecule has 94 valence electrons. The molecule has 0 bridgehead atoms. The Kier molecular flexibility index (Phi) is 4.37. The second-order valence-electron chi connectivity index (χ2n) is 3.98. The molecule has 1 rings (SSSR count). The van der Waals surface area contributed by atoms with Crippen molar-refractivity contribution < 1.29 is 14.6 Å². The third kappa shape index (κ3) is 2.90. The van der Waals surface area contributed by atoms with Gasteiger partial charge in [-0.2, -0.15) is 0 Å². The van der Waals surface area contributed by atoms with Crippen molar-refractivity contribution >= 4 is 17.6 Å². The van der Waals surface area contributed by atoms with Crippen LogP contribution in [0, 0.1) is 13.8 Å². The van der Waals surface area contributed by atoms with Gasteiger partial charge in [-0.25, -0.2) is 0 Å². The minimum Gasteiger partial charge on any atom is -0.496 e. The fourth-order valence-electron chi connectivity index (χ4n) is 1.87. The fourth-order valence-corrected chi connectivity index (χ4v) is 2.15. The number of hydrogen-bond acceptors (Lipinski definition) is 3. The Balaban J connectivity index is 3.33. The van der Waals surface area contributed by atoms with Crippen molar-refractivity contribution in [1.29, 1.82) is 0 Å². The molecule has 0 amide bonds. The van der Waals surface area contributed by atoms with E-state index in [2.05, 4.69) is 0 Å². The summed E-state index contributed by atoms with van der Waals surface area (Å²) in [5.74, 6) is -0.399. The maximum Gasteiger partial charge on any atom is 0.305 e. The number of benzene rings is 1. The number of carboxylic acids is 1. The zero-order valence-electron chi connectivity index (χ0n) is 10.1. The summed E-state index contributed by atoms with van der Waals surface area (Å²) in [6, 6.07) is 1.21. The molecule has 3 N–H and O–H groups in total. The highest BCUT2D eigenvalue weighted by Crippen LogP contribution is 2.37. The Morgan fingerprint density at radius 2 is 2.12 bits per heavy atom. The van der Waals surface area contributed by atoms with E-state index in [-0.39, 0.29) is 6.42 Å². The first kappa shape index (κ1) is 13.8. The normalized spacial score (nSPS) is 12.3. The number of carboxylic acid groups (broad SMARTS) is 1. The molecule has 0 aliphatic carbocycles. The molecule has 1 atom stereocenters. The lowest BCUT2D eigenvalue weighted by Gasteiger charge is -2.19. The number of aryl methyl sites for hydroxylation is 2. The minimum atomic E-state index is -0.963. The number of hydrogen-bond donors (Lipinski definition) is 2. The minimum absolute atomic E-state index is 0.182. The summed E-state index contributed by atoms with van der Waals surface area (Å²) in [4.78, 5) is 10.7. The molecule has 17 heavy (non-hydrogen) atoms. The maximum atomic E-state index is 10.7. The molecule has 1 aromatic rings. The van der Waals surface area contributed by atoms with Crippen LogP contribution in [0.4, 0.5) is 0 Å². The Labute approximate surface area is 105 Å². The number of rotatable bonds is 4. The molecule has 0 saturated carbocycles. The quantitative estimate of drug-likeness (QED) is 0.869. The Hall–Kier alpha value is -1.26. The second-order valence-corrected chi connectivity index (χ2v) is 4.35. The summed E-state index contributed by atoms with van der Waals surface area (Å²) in [6.07, 6.45) is -0.182. The molecule has 5 heteroatoms. The monoisotopic (exact) mass is 257 g/mol. The van der Waals surface area contributed by atoms with Gasteiger partial charge in [0, 0.05) is 11.6 Å². The zero-order chi connectivity index (χ0) is 13.2. The van der Waals surface area contributed by atoms with Crippen LogP contribution < -0.4 is 10.5 Å². The first-order valence-corrected chi connectivity index (χ1v) is 5.57. The molecular weight excluding hydrogens is 242 g/mol. The molecular formula is C12H16ClNO3. The molecule has 4 nitrogen and oxygen atoms in total. The van der Waals surface area contributed by atoms with Gasteiger partial charge in [-0.15, -0.1) is 0 Å². The van der Waals surface area contributed by atoms with Crippen molar-refractivity contribution in [2.45, 2.75) is 26.3 Å². The van der Waals surface area contributed by atoms with Crippen molar-refractivity contribution in [2.75, 3.05) is 7.11 Å². The predicted octanol–water partition coefficient (Wildman–Crippen LogP) is 2.44. The van der Waals surface area contributed by atoms with Gasteiger partial charge in [0.2, 0.25) is 0 Å². The molecule has 0 saturated heterocycles. The summed E-state index contributed by atoms with van der Waals surface area (Å²) in [5.41, 5.74) is 8.19. The predicted molar refractivity (Wildman–Crippen MR) is 66.7 cm³/mol. The van der Waals surface area contributed by atoms with Gasteiger partial charge < -0.3 is 15.6 Å². The topological polar surface area (TPSA) is 72.5 Å². The van der Waals surface area contributed by atoms with E-state index >= 15 is 0 Å². The van der Waals surface area contributed by atoms with Gasteiger partial charge >= 0.3 is 5.97 Å². The van der Waals surface area contributed by atoms with Crippen LogP contribution in [0.5, 0.6) is 5.75 Å². The van der Waals surface area contributed by atoms with Crippen LogP contribution in [0.25, 0.3) is 0 Å². The van der Waals surface area contributed by atoms with E-state index in [9.17, 15) is 4.79 Å². The van der Waals surface area contributed by atoms with Crippen molar-refractivity contribution in [3.8, 4) is 5.75 Å². The van der Waals surface area contributed by atoms with Crippen molar-refractivity contribution in [3.05, 3.63) is 27.8 Å². The Morgan fingerprint density at radius 1 is 1.53 bits per heavy atom. The molecule has 0 radical (unpaired) electrons. The van der Waals surface area contributed by atoms with Crippen LogP contribution in [-0.2, 0) is 4.79 Å². The molecule has 0 fully saturated rings. The molecule has 0 heterocycles. The van der Waals surface area contributed by atoms with E-state index in [4.69, 9.17) is 27.2 Å². The summed E-state index contributed by atoms with van der Waals surface area (Å²) in [5, 5.41) is 9.25. The molecule has 0 spiro atoms. The Bertz CT molecular complexity index is 446. The SMILES string of the molecule is COc1c(C)cc(C)c(Cl)c1C(N)CC(=O)O. The molecule has 0 aliphatic rings. The van der Waals surface area contributed by atoms with Gasteiger partial charge in [0.1, 0.15) is 5.75 Å². The second kappa shape index (κ2) is 5.38. The van der Waals surface area contributed by atoms with Crippen LogP contribution in [-0.4, -0.2) is 18.2 Å². The molecule has 0 aromatic heterocycles. The molecule has 1 aromatic carbocycles. The van der Waals surface area contributed by atoms with Crippen LogP contribution in [0.15, 0.2) is 6.07 Å². The van der Waals surface area contributed by atoms with E-state index in [1.165, 1.54) is 7.11 Å². The highest BCUT2D eigenvalue weighted by Gasteiger charge is 2.21. The smallest absolute Gasteiger partial charge is 0.305 e. The lowest BCUT2D eigenvalue weighted by Crippen LogP contribution is -2.17. The van der Waals surface area contributed by atoms with Gasteiger partial charge in [-0.1, -0.05) is 17.7 Å². The van der Waals surface area contributed by atoms with E-state index < -0.39 is 12.0 Å². The van der Waals surface area contributed by atoms with E-state index in [1.807, 2.05) is 19.9 Å². The van der Waals surface area contributed by atoms with Crippen LogP contribution in [0.2, 0.25) is 5.02 Å². The fraction of sp³-hybridized carbons (Fsp3) is 0.417. The third-order valence-corrected chi connectivity index (χ3v) is 3.09. The number of ether oxygens (including phenoxy) is 1. The number of methoxy groups -OCH3 is 1. The standard InChI is InChI=1S/C12H16ClNO3/c1-6-4-7(2)12(17-3)10(11(6)13)8(14)5-9(15)16/h4,8H,5,14H2,1-3H3,(H,15,16). The number of aliphatic carboxylic acids is 1. The zero-order valence-corrected chi connectivity index (χ0v) is 10.8. The number of carbonyl (C=O) groups is 1. The van der Waals surface area contributed by atoms with Crippen LogP contribution >= 0.6 is 11.6 Å². The van der Waals surface area contributed by atoms with E-state index in [0.717, 1.165) is 11.1 Å². The highest BCUT2D eigenvalue weighted by atomic mass is 35.5. The average Bonchev–Trinajstić information content (AvgIpc) is 2.21. The molecule has 0 aliphatic heterocycles. The first-order valence-electron chi connectivity index (χ1n) is 5.19. The molecule has 1 unspecified atom stereocenters. The lowest BCUT2D eigenvalue weighted by atomic mass is 9.98. The van der Waals surface area contributed by atoms with Gasteiger partial charge in [-0.05, 0) is 25.0 Å². The summed E-state index contributed by atoms with van der Waals surface area (Å²) >= 11 is 6.17. The van der Waals surface area contributed by atoms with Crippen molar-refractivity contribution in [1.82, 2.24) is 0 Å². The maximum absolute atomic E-state index is 10.7. The van der Waals surface area contributed by atoms with Crippen molar-refractivity contribution in [2.24, 2.45) is 5.73 Å². The largest absolute Gasteiger partial charge is 0.496 e. The van der Waals surface area contributed by atoms with Gasteiger partial charge in [-0.3, -0.25) is 4.79 Å². The summed E-state index contributed by atoms with van der Waals surface area (Å²) in [6.45, 7) is 3.73. The van der Waals surface area contributed by atoms with Gasteiger partial charge in [0.15, 0.2) is 0 Å². The van der Waals surface area contributed by atoms with Gasteiger partial charge in [0.25, 0.3) is 0 Å². The number of nitrogens with two attached hydrogens (primary N) is 1. The van der Waals surface area contributed by atoms with Crippen LogP contribution in [0.1, 0.15) is 29.2 Å². The van der Waals surface area contributed by atoms with Crippen molar-refractivity contribution in [3.63, 3.8) is 0 Å². The highest BCUT2D eigenvalue weighted by molar-refractivity contribution is 6.32. The van der Waals surface area contributed by atoms with Crippen LogP contribution in [0.3, 0.4) is 0 Å². The first-order chi connectivity index (χ1) is 7.88. The van der Waals surface area contributed by atoms with E-state index in [1.54, 1.807) is 0 Å². The summed E-state index contributed by atoms with van der Waals surface area (Å²) < 4.78 is 5.26. The lowest BCUT2D eigenvalue weighted by molar-refractivity contribution is -0.137. The van der Waals surface area contributed by atoms with Gasteiger partial charge in [0.05, 0.1) is 18.6 Å². The number of halogens is 1. The Morgan fingerprint density at radius 3 is 2.59 bits per heavy atom.